The molecule has 0 bridgehead atoms. The summed E-state index contributed by atoms with van der Waals surface area (Å²) in [6.45, 7) is 5.64. The summed E-state index contributed by atoms with van der Waals surface area (Å²) in [5.74, 6) is 1.47. The highest BCUT2D eigenvalue weighted by molar-refractivity contribution is 5.79. The number of ether oxygens (including phenoxy) is 1. The maximum absolute atomic E-state index is 12.4. The standard InChI is InChI=1S/C14H24N4O2/c1-10(2)8-12(13-15-9-16-18(13)3)17-14(19)11-4-6-20-7-5-11/h9-12H,4-8H2,1-3H3,(H,17,19). The van der Waals surface area contributed by atoms with Crippen molar-refractivity contribution in [2.45, 2.75) is 39.2 Å². The van der Waals surface area contributed by atoms with E-state index in [2.05, 4.69) is 29.2 Å². The summed E-state index contributed by atoms with van der Waals surface area (Å²) in [4.78, 5) is 16.7. The van der Waals surface area contributed by atoms with Crippen molar-refractivity contribution in [2.75, 3.05) is 13.2 Å². The lowest BCUT2D eigenvalue weighted by atomic mass is 9.97. The number of hydrogen-bond acceptors (Lipinski definition) is 4. The van der Waals surface area contributed by atoms with Crippen LogP contribution in [-0.2, 0) is 16.6 Å². The number of hydrogen-bond donors (Lipinski definition) is 1. The molecule has 112 valence electrons. The van der Waals surface area contributed by atoms with Gasteiger partial charge in [0.1, 0.15) is 12.2 Å². The minimum absolute atomic E-state index is 0.0617. The minimum atomic E-state index is -0.0714. The molecule has 2 heterocycles. The fraction of sp³-hybridized carbons (Fsp3) is 0.786. The Hall–Kier alpha value is -1.43. The van der Waals surface area contributed by atoms with Crippen molar-refractivity contribution in [3.63, 3.8) is 0 Å². The molecule has 1 aromatic heterocycles. The highest BCUT2D eigenvalue weighted by Crippen LogP contribution is 2.21. The van der Waals surface area contributed by atoms with E-state index in [0.717, 1.165) is 25.1 Å². The highest BCUT2D eigenvalue weighted by atomic mass is 16.5. The van der Waals surface area contributed by atoms with Crippen molar-refractivity contribution in [1.29, 1.82) is 0 Å². The van der Waals surface area contributed by atoms with Crippen molar-refractivity contribution in [3.8, 4) is 0 Å². The smallest absolute Gasteiger partial charge is 0.223 e. The molecule has 1 fully saturated rings. The zero-order valence-corrected chi connectivity index (χ0v) is 12.5. The molecular weight excluding hydrogens is 256 g/mol. The lowest BCUT2D eigenvalue weighted by molar-refractivity contribution is -0.128. The largest absolute Gasteiger partial charge is 0.381 e. The Morgan fingerprint density at radius 3 is 2.75 bits per heavy atom. The van der Waals surface area contributed by atoms with E-state index in [1.807, 2.05) is 7.05 Å². The molecular formula is C14H24N4O2. The molecule has 6 heteroatoms. The Bertz CT molecular complexity index is 438. The molecule has 1 atom stereocenters. The summed E-state index contributed by atoms with van der Waals surface area (Å²) >= 11 is 0. The van der Waals surface area contributed by atoms with Crippen LogP contribution in [0.4, 0.5) is 0 Å². The molecule has 1 N–H and O–H groups in total. The van der Waals surface area contributed by atoms with E-state index in [-0.39, 0.29) is 17.9 Å². The molecule has 0 aliphatic carbocycles. The Labute approximate surface area is 119 Å². The van der Waals surface area contributed by atoms with Gasteiger partial charge < -0.3 is 10.1 Å². The first kappa shape index (κ1) is 15.0. The summed E-state index contributed by atoms with van der Waals surface area (Å²) in [6.07, 6.45) is 4.00. The molecule has 0 saturated carbocycles. The molecule has 1 aliphatic rings. The molecule has 0 radical (unpaired) electrons. The molecule has 2 rings (SSSR count). The van der Waals surface area contributed by atoms with Gasteiger partial charge in [-0.3, -0.25) is 9.48 Å². The van der Waals surface area contributed by atoms with Crippen molar-refractivity contribution in [3.05, 3.63) is 12.2 Å². The summed E-state index contributed by atoms with van der Waals surface area (Å²) in [5.41, 5.74) is 0. The van der Waals surface area contributed by atoms with E-state index in [9.17, 15) is 4.79 Å². The Kier molecular flexibility index (Phi) is 5.11. The SMILES string of the molecule is CC(C)CC(NC(=O)C1CCOCC1)c1ncnn1C. The quantitative estimate of drug-likeness (QED) is 0.886. The third-order valence-corrected chi connectivity index (χ3v) is 3.67. The second-order valence-electron chi connectivity index (χ2n) is 5.82. The van der Waals surface area contributed by atoms with E-state index in [1.54, 1.807) is 4.68 Å². The van der Waals surface area contributed by atoms with Crippen LogP contribution in [0.3, 0.4) is 0 Å². The predicted octanol–water partition coefficient (Wildman–Crippen LogP) is 1.45. The maximum atomic E-state index is 12.4. The number of carbonyl (C=O) groups is 1. The van der Waals surface area contributed by atoms with E-state index in [0.29, 0.717) is 19.1 Å². The first-order valence-electron chi connectivity index (χ1n) is 7.30. The molecule has 1 aliphatic heterocycles. The monoisotopic (exact) mass is 280 g/mol. The second kappa shape index (κ2) is 6.83. The molecule has 1 amide bonds. The Morgan fingerprint density at radius 2 is 2.20 bits per heavy atom. The predicted molar refractivity (Wildman–Crippen MR) is 74.9 cm³/mol. The van der Waals surface area contributed by atoms with Crippen molar-refractivity contribution in [2.24, 2.45) is 18.9 Å². The van der Waals surface area contributed by atoms with Gasteiger partial charge in [0.25, 0.3) is 0 Å². The lowest BCUT2D eigenvalue weighted by Crippen LogP contribution is -2.38. The molecule has 20 heavy (non-hydrogen) atoms. The first-order chi connectivity index (χ1) is 9.58. The van der Waals surface area contributed by atoms with Crippen molar-refractivity contribution >= 4 is 5.91 Å². The van der Waals surface area contributed by atoms with E-state index in [1.165, 1.54) is 6.33 Å². The normalized spacial score (nSPS) is 18.2. The van der Waals surface area contributed by atoms with Crippen molar-refractivity contribution in [1.82, 2.24) is 20.1 Å². The van der Waals surface area contributed by atoms with Crippen LogP contribution in [-0.4, -0.2) is 33.9 Å². The number of rotatable bonds is 5. The van der Waals surface area contributed by atoms with Crippen LogP contribution in [0.2, 0.25) is 0 Å². The average molecular weight is 280 g/mol. The van der Waals surface area contributed by atoms with Crippen LogP contribution in [0.5, 0.6) is 0 Å². The maximum Gasteiger partial charge on any atom is 0.223 e. The van der Waals surface area contributed by atoms with Gasteiger partial charge in [-0.1, -0.05) is 13.8 Å². The Morgan fingerprint density at radius 1 is 1.50 bits per heavy atom. The van der Waals surface area contributed by atoms with E-state index in [4.69, 9.17) is 4.74 Å². The van der Waals surface area contributed by atoms with E-state index >= 15 is 0 Å². The van der Waals surface area contributed by atoms with Gasteiger partial charge >= 0.3 is 0 Å². The van der Waals surface area contributed by atoms with Gasteiger partial charge in [-0.15, -0.1) is 0 Å². The summed E-state index contributed by atoms with van der Waals surface area (Å²) < 4.78 is 7.04. The number of nitrogens with one attached hydrogen (secondary N) is 1. The zero-order valence-electron chi connectivity index (χ0n) is 12.5. The average Bonchev–Trinajstić information content (AvgIpc) is 2.84. The zero-order chi connectivity index (χ0) is 14.5. The van der Waals surface area contributed by atoms with Gasteiger partial charge in [0.15, 0.2) is 0 Å². The van der Waals surface area contributed by atoms with Crippen LogP contribution in [0.15, 0.2) is 6.33 Å². The Balaban J connectivity index is 2.03. The third kappa shape index (κ3) is 3.79. The highest BCUT2D eigenvalue weighted by Gasteiger charge is 2.26. The summed E-state index contributed by atoms with van der Waals surface area (Å²) in [5, 5.41) is 7.24. The summed E-state index contributed by atoms with van der Waals surface area (Å²) in [6, 6.07) is -0.0714. The first-order valence-corrected chi connectivity index (χ1v) is 7.30. The molecule has 6 nitrogen and oxygen atoms in total. The number of amides is 1. The molecule has 0 aromatic carbocycles. The number of nitrogens with zero attached hydrogens (tertiary/aromatic N) is 3. The van der Waals surface area contributed by atoms with Crippen molar-refractivity contribution < 1.29 is 9.53 Å². The van der Waals surface area contributed by atoms with E-state index < -0.39 is 0 Å². The molecule has 1 aromatic rings. The van der Waals surface area contributed by atoms with Gasteiger partial charge in [0.05, 0.1) is 6.04 Å². The molecule has 1 saturated heterocycles. The van der Waals surface area contributed by atoms with Crippen LogP contribution < -0.4 is 5.32 Å². The third-order valence-electron chi connectivity index (χ3n) is 3.67. The fourth-order valence-electron chi connectivity index (χ4n) is 2.57. The van der Waals surface area contributed by atoms with Gasteiger partial charge in [-0.2, -0.15) is 5.10 Å². The fourth-order valence-corrected chi connectivity index (χ4v) is 2.57. The number of carbonyl (C=O) groups excluding carboxylic acids is 1. The lowest BCUT2D eigenvalue weighted by Gasteiger charge is -2.25. The number of aromatic nitrogens is 3. The minimum Gasteiger partial charge on any atom is -0.381 e. The second-order valence-corrected chi connectivity index (χ2v) is 5.82. The summed E-state index contributed by atoms with van der Waals surface area (Å²) in [7, 11) is 1.86. The van der Waals surface area contributed by atoms with Gasteiger partial charge in [0.2, 0.25) is 5.91 Å². The van der Waals surface area contributed by atoms with Crippen LogP contribution in [0.25, 0.3) is 0 Å². The molecule has 1 unspecified atom stereocenters. The van der Waals surface area contributed by atoms with Crippen LogP contribution >= 0.6 is 0 Å². The molecule has 0 spiro atoms. The van der Waals surface area contributed by atoms with Gasteiger partial charge in [-0.25, -0.2) is 4.98 Å². The van der Waals surface area contributed by atoms with Gasteiger partial charge in [-0.05, 0) is 25.2 Å². The van der Waals surface area contributed by atoms with Crippen LogP contribution in [0, 0.1) is 11.8 Å². The topological polar surface area (TPSA) is 69.0 Å². The van der Waals surface area contributed by atoms with Gasteiger partial charge in [0, 0.05) is 26.2 Å². The van der Waals surface area contributed by atoms with Crippen LogP contribution in [0.1, 0.15) is 45.0 Å². The number of aryl methyl sites for hydroxylation is 1.